The van der Waals surface area contributed by atoms with E-state index in [0.717, 1.165) is 36.5 Å². The van der Waals surface area contributed by atoms with Gasteiger partial charge in [-0.3, -0.25) is 9.78 Å². The van der Waals surface area contributed by atoms with Crippen LogP contribution < -0.4 is 10.9 Å². The third kappa shape index (κ3) is 3.66. The van der Waals surface area contributed by atoms with Crippen LogP contribution in [-0.4, -0.2) is 31.9 Å². The number of nitrogens with one attached hydrogen (secondary N) is 2. The zero-order valence-electron chi connectivity index (χ0n) is 14.3. The Morgan fingerprint density at radius 1 is 1.27 bits per heavy atom. The molecule has 0 saturated heterocycles. The van der Waals surface area contributed by atoms with Crippen molar-refractivity contribution >= 4 is 12.4 Å². The lowest BCUT2D eigenvalue weighted by atomic mass is 9.95. The van der Waals surface area contributed by atoms with Crippen LogP contribution in [0.15, 0.2) is 27.6 Å². The molecule has 0 unspecified atom stereocenters. The number of aromatic nitrogens is 5. The van der Waals surface area contributed by atoms with Gasteiger partial charge in [0.2, 0.25) is 11.7 Å². The van der Waals surface area contributed by atoms with Crippen LogP contribution in [0.3, 0.4) is 0 Å². The summed E-state index contributed by atoms with van der Waals surface area (Å²) in [6.45, 7) is 3.72. The van der Waals surface area contributed by atoms with Gasteiger partial charge >= 0.3 is 0 Å². The van der Waals surface area contributed by atoms with Gasteiger partial charge in [-0.05, 0) is 37.1 Å². The van der Waals surface area contributed by atoms with Crippen molar-refractivity contribution in [2.24, 2.45) is 0 Å². The van der Waals surface area contributed by atoms with Gasteiger partial charge in [-0.25, -0.2) is 5.10 Å². The average Bonchev–Trinajstić information content (AvgIpc) is 3.09. The zero-order chi connectivity index (χ0) is 17.2. The summed E-state index contributed by atoms with van der Waals surface area (Å²) in [4.78, 5) is 20.1. The van der Waals surface area contributed by atoms with Crippen LogP contribution in [0.2, 0.25) is 0 Å². The number of aromatic amines is 1. The van der Waals surface area contributed by atoms with Crippen LogP contribution in [0.5, 0.6) is 0 Å². The quantitative estimate of drug-likeness (QED) is 0.709. The molecular formula is C17H19ClN6O2. The number of rotatable bonds is 4. The molecule has 0 spiro atoms. The van der Waals surface area contributed by atoms with Crippen molar-refractivity contribution in [1.29, 1.82) is 0 Å². The highest BCUT2D eigenvalue weighted by Crippen LogP contribution is 2.28. The number of hydrogen-bond donors (Lipinski definition) is 2. The van der Waals surface area contributed by atoms with E-state index >= 15 is 0 Å². The van der Waals surface area contributed by atoms with E-state index < -0.39 is 0 Å². The first-order valence-electron chi connectivity index (χ1n) is 8.26. The molecule has 0 aliphatic carbocycles. The standard InChI is InChI=1S/C17H18N6O2.ClH/c1-10-16(13-6-7-18-8-11(13)9-19-10)17-20-15(25-23-17)5-3-12-2-4-14(24)22-21-12;/h2,4,9,18H,3,5-8H2,1H3,(H,22,24);1H. The fourth-order valence-electron chi connectivity index (χ4n) is 3.07. The maximum atomic E-state index is 11.0. The Labute approximate surface area is 155 Å². The molecule has 4 rings (SSSR count). The molecule has 1 aliphatic rings. The van der Waals surface area contributed by atoms with Gasteiger partial charge < -0.3 is 9.84 Å². The SMILES string of the molecule is Cc1ncc2c(c1-c1noc(CCc3ccc(=O)[nH]n3)n1)CCNC2.Cl. The molecule has 1 aliphatic heterocycles. The van der Waals surface area contributed by atoms with E-state index in [9.17, 15) is 4.79 Å². The molecule has 4 heterocycles. The number of pyridine rings is 1. The topological polar surface area (TPSA) is 110 Å². The molecule has 0 amide bonds. The third-order valence-electron chi connectivity index (χ3n) is 4.36. The van der Waals surface area contributed by atoms with Crippen LogP contribution in [0.1, 0.15) is 28.4 Å². The van der Waals surface area contributed by atoms with Gasteiger partial charge in [0.05, 0.1) is 5.69 Å². The second-order valence-electron chi connectivity index (χ2n) is 6.07. The van der Waals surface area contributed by atoms with Gasteiger partial charge in [-0.15, -0.1) is 12.4 Å². The van der Waals surface area contributed by atoms with Gasteiger partial charge in [-0.2, -0.15) is 10.1 Å². The maximum absolute atomic E-state index is 11.0. The number of halogens is 1. The Morgan fingerprint density at radius 2 is 2.15 bits per heavy atom. The molecule has 3 aromatic heterocycles. The van der Waals surface area contributed by atoms with Crippen molar-refractivity contribution < 1.29 is 4.52 Å². The van der Waals surface area contributed by atoms with Crippen LogP contribution in [0.4, 0.5) is 0 Å². The zero-order valence-corrected chi connectivity index (χ0v) is 15.1. The number of aryl methyl sites for hydroxylation is 3. The lowest BCUT2D eigenvalue weighted by Gasteiger charge is -2.19. The van der Waals surface area contributed by atoms with Crippen LogP contribution in [-0.2, 0) is 25.8 Å². The summed E-state index contributed by atoms with van der Waals surface area (Å²) in [6.07, 6.45) is 4.03. The first kappa shape index (κ1) is 18.2. The van der Waals surface area contributed by atoms with E-state index in [1.807, 2.05) is 13.1 Å². The van der Waals surface area contributed by atoms with Gasteiger partial charge in [0.25, 0.3) is 5.56 Å². The summed E-state index contributed by atoms with van der Waals surface area (Å²) in [5.41, 5.74) is 4.90. The fraction of sp³-hybridized carbons (Fsp3) is 0.353. The minimum Gasteiger partial charge on any atom is -0.339 e. The van der Waals surface area contributed by atoms with Crippen molar-refractivity contribution in [1.82, 2.24) is 30.6 Å². The minimum absolute atomic E-state index is 0. The molecule has 0 aromatic carbocycles. The highest BCUT2D eigenvalue weighted by molar-refractivity contribution is 5.85. The number of hydrogen-bond acceptors (Lipinski definition) is 7. The predicted molar refractivity (Wildman–Crippen MR) is 97.2 cm³/mol. The van der Waals surface area contributed by atoms with E-state index in [1.54, 1.807) is 6.07 Å². The van der Waals surface area contributed by atoms with Crippen molar-refractivity contribution in [2.75, 3.05) is 6.54 Å². The van der Waals surface area contributed by atoms with Crippen LogP contribution in [0.25, 0.3) is 11.4 Å². The molecule has 0 atom stereocenters. The highest BCUT2D eigenvalue weighted by Gasteiger charge is 2.20. The summed E-state index contributed by atoms with van der Waals surface area (Å²) in [5, 5.41) is 13.9. The Kier molecular flexibility index (Phi) is 5.43. The normalized spacial score (nSPS) is 13.1. The van der Waals surface area contributed by atoms with Gasteiger partial charge in [-0.1, -0.05) is 5.16 Å². The molecule has 0 fully saturated rings. The third-order valence-corrected chi connectivity index (χ3v) is 4.36. The van der Waals surface area contributed by atoms with Crippen LogP contribution in [0, 0.1) is 6.92 Å². The first-order valence-corrected chi connectivity index (χ1v) is 8.26. The fourth-order valence-corrected chi connectivity index (χ4v) is 3.07. The van der Waals surface area contributed by atoms with Gasteiger partial charge in [0, 0.05) is 42.9 Å². The molecule has 0 saturated carbocycles. The van der Waals surface area contributed by atoms with Crippen molar-refractivity contribution in [3.8, 4) is 11.4 Å². The molecule has 26 heavy (non-hydrogen) atoms. The molecule has 136 valence electrons. The summed E-state index contributed by atoms with van der Waals surface area (Å²) in [5.74, 6) is 1.14. The summed E-state index contributed by atoms with van der Waals surface area (Å²) in [6, 6.07) is 3.16. The highest BCUT2D eigenvalue weighted by atomic mass is 35.5. The second kappa shape index (κ2) is 7.76. The second-order valence-corrected chi connectivity index (χ2v) is 6.07. The van der Waals surface area contributed by atoms with Crippen molar-refractivity contribution in [2.45, 2.75) is 32.7 Å². The monoisotopic (exact) mass is 374 g/mol. The van der Waals surface area contributed by atoms with Gasteiger partial charge in [0.1, 0.15) is 0 Å². The molecule has 8 nitrogen and oxygen atoms in total. The van der Waals surface area contributed by atoms with Crippen LogP contribution >= 0.6 is 12.4 Å². The maximum Gasteiger partial charge on any atom is 0.264 e. The smallest absolute Gasteiger partial charge is 0.264 e. The molecule has 9 heteroatoms. The lowest BCUT2D eigenvalue weighted by Crippen LogP contribution is -2.24. The number of H-pyrrole nitrogens is 1. The largest absolute Gasteiger partial charge is 0.339 e. The Balaban J connectivity index is 0.00000196. The Bertz CT molecular complexity index is 948. The molecule has 3 aromatic rings. The van der Waals surface area contributed by atoms with E-state index in [-0.39, 0.29) is 18.0 Å². The van der Waals surface area contributed by atoms with Gasteiger partial charge in [0.15, 0.2) is 0 Å². The Morgan fingerprint density at radius 3 is 2.96 bits per heavy atom. The van der Waals surface area contributed by atoms with E-state index in [0.29, 0.717) is 24.6 Å². The average molecular weight is 375 g/mol. The van der Waals surface area contributed by atoms with E-state index in [4.69, 9.17) is 4.52 Å². The van der Waals surface area contributed by atoms with E-state index in [1.165, 1.54) is 17.2 Å². The van der Waals surface area contributed by atoms with E-state index in [2.05, 4.69) is 30.6 Å². The first-order chi connectivity index (χ1) is 12.2. The molecular weight excluding hydrogens is 356 g/mol. The Hall–Kier alpha value is -2.58. The predicted octanol–water partition coefficient (Wildman–Crippen LogP) is 1.38. The summed E-state index contributed by atoms with van der Waals surface area (Å²) < 4.78 is 5.41. The molecule has 0 bridgehead atoms. The summed E-state index contributed by atoms with van der Waals surface area (Å²) in [7, 11) is 0. The summed E-state index contributed by atoms with van der Waals surface area (Å²) >= 11 is 0. The molecule has 2 N–H and O–H groups in total. The number of fused-ring (bicyclic) bond motifs is 1. The lowest BCUT2D eigenvalue weighted by molar-refractivity contribution is 0.378. The van der Waals surface area contributed by atoms with Crippen molar-refractivity contribution in [3.05, 3.63) is 57.1 Å². The van der Waals surface area contributed by atoms with Crippen molar-refractivity contribution in [3.63, 3.8) is 0 Å². The number of nitrogens with zero attached hydrogens (tertiary/aromatic N) is 4. The molecule has 0 radical (unpaired) electrons. The minimum atomic E-state index is -0.213.